The van der Waals surface area contributed by atoms with Crippen molar-refractivity contribution in [3.8, 4) is 0 Å². The molecular weight excluding hydrogens is 330 g/mol. The van der Waals surface area contributed by atoms with Crippen LogP contribution in [0.5, 0.6) is 0 Å². The van der Waals surface area contributed by atoms with E-state index < -0.39 is 11.6 Å². The van der Waals surface area contributed by atoms with Crippen LogP contribution >= 0.6 is 0 Å². The smallest absolute Gasteiger partial charge is 0.240 e. The Morgan fingerprint density at radius 2 is 1.92 bits per heavy atom. The van der Waals surface area contributed by atoms with Gasteiger partial charge in [0.2, 0.25) is 5.91 Å². The standard InChI is InChI=1S/C20H31N3O3/c21-20(8-12-26-13-9-20)19(25)22-14-16-6-10-23(11-7-16)15-18(24)17-4-2-1-3-5-17/h1-5,16,18,24H,6-15,21H2,(H,22,25). The van der Waals surface area contributed by atoms with E-state index >= 15 is 0 Å². The van der Waals surface area contributed by atoms with Crippen molar-refractivity contribution >= 4 is 5.91 Å². The zero-order valence-corrected chi connectivity index (χ0v) is 15.4. The van der Waals surface area contributed by atoms with Gasteiger partial charge in [-0.05, 0) is 50.3 Å². The number of nitrogens with two attached hydrogens (primary N) is 1. The number of aliphatic hydroxyl groups is 1. The third kappa shape index (κ3) is 5.04. The highest BCUT2D eigenvalue weighted by Gasteiger charge is 2.36. The van der Waals surface area contributed by atoms with Crippen LogP contribution in [0.25, 0.3) is 0 Å². The summed E-state index contributed by atoms with van der Waals surface area (Å²) in [6.07, 6.45) is 2.80. The van der Waals surface area contributed by atoms with Crippen LogP contribution < -0.4 is 11.1 Å². The number of amides is 1. The molecule has 2 aliphatic rings. The zero-order valence-electron chi connectivity index (χ0n) is 15.4. The van der Waals surface area contributed by atoms with Gasteiger partial charge in [0, 0.05) is 26.3 Å². The van der Waals surface area contributed by atoms with E-state index in [9.17, 15) is 9.90 Å². The first-order valence-electron chi connectivity index (χ1n) is 9.67. The summed E-state index contributed by atoms with van der Waals surface area (Å²) in [5.74, 6) is 0.440. The fourth-order valence-electron chi connectivity index (χ4n) is 3.77. The second-order valence-corrected chi connectivity index (χ2v) is 7.65. The maximum absolute atomic E-state index is 12.4. The largest absolute Gasteiger partial charge is 0.387 e. The molecular formula is C20H31N3O3. The first-order valence-corrected chi connectivity index (χ1v) is 9.67. The van der Waals surface area contributed by atoms with E-state index in [1.807, 2.05) is 30.3 Å². The molecule has 2 saturated heterocycles. The molecule has 2 heterocycles. The Labute approximate surface area is 155 Å². The summed E-state index contributed by atoms with van der Waals surface area (Å²) in [6, 6.07) is 9.80. The Morgan fingerprint density at radius 3 is 2.58 bits per heavy atom. The number of β-amino-alcohol motifs (C(OH)–C–C–N with tert-alkyl or cyclic N) is 1. The van der Waals surface area contributed by atoms with Crippen molar-refractivity contribution in [3.05, 3.63) is 35.9 Å². The quantitative estimate of drug-likeness (QED) is 0.705. The summed E-state index contributed by atoms with van der Waals surface area (Å²) in [6.45, 7) is 4.37. The number of carbonyl (C=O) groups excluding carboxylic acids is 1. The Morgan fingerprint density at radius 1 is 1.27 bits per heavy atom. The number of nitrogens with zero attached hydrogens (tertiary/aromatic N) is 1. The highest BCUT2D eigenvalue weighted by molar-refractivity contribution is 5.86. The Kier molecular flexibility index (Phi) is 6.64. The molecule has 6 heteroatoms. The molecule has 26 heavy (non-hydrogen) atoms. The normalized spacial score (nSPS) is 22.7. The fourth-order valence-corrected chi connectivity index (χ4v) is 3.77. The average Bonchev–Trinajstić information content (AvgIpc) is 2.68. The van der Waals surface area contributed by atoms with Gasteiger partial charge in [-0.2, -0.15) is 0 Å². The van der Waals surface area contributed by atoms with Gasteiger partial charge in [-0.15, -0.1) is 0 Å². The average molecular weight is 361 g/mol. The number of hydrogen-bond acceptors (Lipinski definition) is 5. The van der Waals surface area contributed by atoms with Crippen LogP contribution in [0, 0.1) is 5.92 Å². The molecule has 0 saturated carbocycles. The Hall–Kier alpha value is -1.47. The number of likely N-dealkylation sites (tertiary alicyclic amines) is 1. The van der Waals surface area contributed by atoms with Crippen molar-refractivity contribution in [1.82, 2.24) is 10.2 Å². The number of carbonyl (C=O) groups is 1. The van der Waals surface area contributed by atoms with Crippen molar-refractivity contribution in [2.75, 3.05) is 39.4 Å². The van der Waals surface area contributed by atoms with Crippen LogP contribution in [0.15, 0.2) is 30.3 Å². The second-order valence-electron chi connectivity index (χ2n) is 7.65. The molecule has 0 aliphatic carbocycles. The topological polar surface area (TPSA) is 87.8 Å². The van der Waals surface area contributed by atoms with E-state index in [2.05, 4.69) is 10.2 Å². The minimum Gasteiger partial charge on any atom is -0.387 e. The first kappa shape index (κ1) is 19.3. The van der Waals surface area contributed by atoms with Crippen LogP contribution in [0.2, 0.25) is 0 Å². The van der Waals surface area contributed by atoms with Crippen molar-refractivity contribution < 1.29 is 14.6 Å². The van der Waals surface area contributed by atoms with Gasteiger partial charge < -0.3 is 25.8 Å². The lowest BCUT2D eigenvalue weighted by atomic mass is 9.89. The van der Waals surface area contributed by atoms with E-state index in [0.717, 1.165) is 31.5 Å². The lowest BCUT2D eigenvalue weighted by molar-refractivity contribution is -0.130. The van der Waals surface area contributed by atoms with Crippen LogP contribution in [0.4, 0.5) is 0 Å². The van der Waals surface area contributed by atoms with Gasteiger partial charge >= 0.3 is 0 Å². The monoisotopic (exact) mass is 361 g/mol. The van der Waals surface area contributed by atoms with Gasteiger partial charge in [0.05, 0.1) is 11.6 Å². The summed E-state index contributed by atoms with van der Waals surface area (Å²) in [5.41, 5.74) is 6.42. The van der Waals surface area contributed by atoms with Crippen molar-refractivity contribution in [2.45, 2.75) is 37.3 Å². The molecule has 1 aromatic rings. The SMILES string of the molecule is NC1(C(=O)NCC2CCN(CC(O)c3ccccc3)CC2)CCOCC1. The lowest BCUT2D eigenvalue weighted by Gasteiger charge is -2.35. The third-order valence-corrected chi connectivity index (χ3v) is 5.71. The van der Waals surface area contributed by atoms with Crippen LogP contribution in [0.3, 0.4) is 0 Å². The van der Waals surface area contributed by atoms with Gasteiger partial charge in [-0.1, -0.05) is 30.3 Å². The van der Waals surface area contributed by atoms with Crippen molar-refractivity contribution in [1.29, 1.82) is 0 Å². The molecule has 0 bridgehead atoms. The predicted molar refractivity (Wildman–Crippen MR) is 101 cm³/mol. The molecule has 1 aromatic carbocycles. The molecule has 4 N–H and O–H groups in total. The zero-order chi connectivity index (χ0) is 18.4. The number of rotatable bonds is 6. The fraction of sp³-hybridized carbons (Fsp3) is 0.650. The molecule has 0 radical (unpaired) electrons. The number of nitrogens with one attached hydrogen (secondary N) is 1. The molecule has 3 rings (SSSR count). The van der Waals surface area contributed by atoms with Crippen LogP contribution in [-0.2, 0) is 9.53 Å². The molecule has 6 nitrogen and oxygen atoms in total. The van der Waals surface area contributed by atoms with E-state index in [0.29, 0.717) is 45.1 Å². The molecule has 2 fully saturated rings. The maximum atomic E-state index is 12.4. The number of piperidine rings is 1. The Bertz CT molecular complexity index is 567. The minimum absolute atomic E-state index is 0.0391. The number of hydrogen-bond donors (Lipinski definition) is 3. The summed E-state index contributed by atoms with van der Waals surface area (Å²) in [4.78, 5) is 14.7. The first-order chi connectivity index (χ1) is 12.6. The lowest BCUT2D eigenvalue weighted by Crippen LogP contribution is -2.57. The summed E-state index contributed by atoms with van der Waals surface area (Å²) in [5, 5.41) is 13.4. The van der Waals surface area contributed by atoms with Crippen molar-refractivity contribution in [2.24, 2.45) is 11.7 Å². The highest BCUT2D eigenvalue weighted by atomic mass is 16.5. The minimum atomic E-state index is -0.765. The molecule has 0 spiro atoms. The van der Waals surface area contributed by atoms with Gasteiger partial charge in [0.1, 0.15) is 0 Å². The van der Waals surface area contributed by atoms with E-state index in [1.54, 1.807) is 0 Å². The van der Waals surface area contributed by atoms with Gasteiger partial charge in [0.25, 0.3) is 0 Å². The predicted octanol–water partition coefficient (Wildman–Crippen LogP) is 1.06. The second kappa shape index (κ2) is 8.95. The molecule has 0 aromatic heterocycles. The van der Waals surface area contributed by atoms with E-state index in [1.165, 1.54) is 0 Å². The van der Waals surface area contributed by atoms with E-state index in [4.69, 9.17) is 10.5 Å². The molecule has 1 atom stereocenters. The molecule has 144 valence electrons. The summed E-state index contributed by atoms with van der Waals surface area (Å²) >= 11 is 0. The van der Waals surface area contributed by atoms with Crippen molar-refractivity contribution in [3.63, 3.8) is 0 Å². The van der Waals surface area contributed by atoms with Gasteiger partial charge in [-0.3, -0.25) is 4.79 Å². The number of aliphatic hydroxyl groups excluding tert-OH is 1. The number of benzene rings is 1. The highest BCUT2D eigenvalue weighted by Crippen LogP contribution is 2.21. The third-order valence-electron chi connectivity index (χ3n) is 5.71. The summed E-state index contributed by atoms with van der Waals surface area (Å²) in [7, 11) is 0. The van der Waals surface area contributed by atoms with Crippen LogP contribution in [-0.4, -0.2) is 60.8 Å². The molecule has 1 amide bonds. The van der Waals surface area contributed by atoms with Crippen LogP contribution in [0.1, 0.15) is 37.4 Å². The summed E-state index contributed by atoms with van der Waals surface area (Å²) < 4.78 is 5.30. The van der Waals surface area contributed by atoms with Gasteiger partial charge in [0.15, 0.2) is 0 Å². The van der Waals surface area contributed by atoms with Gasteiger partial charge in [-0.25, -0.2) is 0 Å². The molecule has 2 aliphatic heterocycles. The number of ether oxygens (including phenoxy) is 1. The maximum Gasteiger partial charge on any atom is 0.240 e. The van der Waals surface area contributed by atoms with E-state index in [-0.39, 0.29) is 5.91 Å². The Balaban J connectivity index is 1.38. The molecule has 1 unspecified atom stereocenters.